The molecule has 1 rings (SSSR count). The first kappa shape index (κ1) is 8.32. The third-order valence-electron chi connectivity index (χ3n) is 1.11. The summed E-state index contributed by atoms with van der Waals surface area (Å²) >= 11 is 10.9. The minimum atomic E-state index is -0.724. The van der Waals surface area contributed by atoms with Crippen molar-refractivity contribution < 1.29 is 4.39 Å². The van der Waals surface area contributed by atoms with Gasteiger partial charge in [-0.05, 0) is 12.1 Å². The van der Waals surface area contributed by atoms with Gasteiger partial charge in [-0.2, -0.15) is 5.26 Å². The van der Waals surface area contributed by atoms with E-state index in [1.165, 1.54) is 12.1 Å². The molecule has 0 heterocycles. The van der Waals surface area contributed by atoms with E-state index in [2.05, 4.69) is 0 Å². The van der Waals surface area contributed by atoms with Crippen molar-refractivity contribution in [3.8, 4) is 6.07 Å². The molecule has 0 aliphatic rings. The number of hydrogen-bond donors (Lipinski definition) is 0. The molecule has 0 spiro atoms. The summed E-state index contributed by atoms with van der Waals surface area (Å²) in [5, 5.41) is 8.49. The monoisotopic (exact) mass is 189 g/mol. The molecule has 0 aliphatic carbocycles. The van der Waals surface area contributed by atoms with E-state index in [9.17, 15) is 4.39 Å². The fraction of sp³-hybridized carbons (Fsp3) is 0. The molecule has 1 nitrogen and oxygen atoms in total. The van der Waals surface area contributed by atoms with Gasteiger partial charge in [0.2, 0.25) is 0 Å². The van der Waals surface area contributed by atoms with Gasteiger partial charge in [0, 0.05) is 5.02 Å². The van der Waals surface area contributed by atoms with Crippen LogP contribution in [0.3, 0.4) is 0 Å². The van der Waals surface area contributed by atoms with Crippen LogP contribution in [0.1, 0.15) is 5.56 Å². The molecule has 0 unspecified atom stereocenters. The lowest BCUT2D eigenvalue weighted by Gasteiger charge is -1.96. The van der Waals surface area contributed by atoms with Gasteiger partial charge in [0.25, 0.3) is 0 Å². The molecule has 0 amide bonds. The van der Waals surface area contributed by atoms with Crippen molar-refractivity contribution in [2.45, 2.75) is 0 Å². The molecule has 0 fully saturated rings. The summed E-state index contributed by atoms with van der Waals surface area (Å²) in [7, 11) is 0. The topological polar surface area (TPSA) is 23.8 Å². The molecule has 0 N–H and O–H groups in total. The number of nitriles is 1. The fourth-order valence-electron chi connectivity index (χ4n) is 0.637. The van der Waals surface area contributed by atoms with E-state index in [1.54, 1.807) is 6.07 Å². The Labute approximate surface area is 73.0 Å². The first-order chi connectivity index (χ1) is 5.15. The predicted octanol–water partition coefficient (Wildman–Crippen LogP) is 3.00. The normalized spacial score (nSPS) is 9.27. The molecule has 56 valence electrons. The Balaban J connectivity index is 3.39. The minimum Gasteiger partial charge on any atom is -0.204 e. The van der Waals surface area contributed by atoms with Gasteiger partial charge in [0.1, 0.15) is 6.07 Å². The van der Waals surface area contributed by atoms with Crippen molar-refractivity contribution in [2.24, 2.45) is 0 Å². The quantitative estimate of drug-likeness (QED) is 0.576. The Morgan fingerprint density at radius 3 is 2.55 bits per heavy atom. The summed E-state index contributed by atoms with van der Waals surface area (Å²) in [6.07, 6.45) is 0. The van der Waals surface area contributed by atoms with Crippen molar-refractivity contribution in [1.29, 1.82) is 5.26 Å². The Kier molecular flexibility index (Phi) is 2.33. The standard InChI is InChI=1S/C7H2Cl2FN/c8-5-1-4(3-11)7(10)6(9)2-5/h1-2H. The highest BCUT2D eigenvalue weighted by Gasteiger charge is 2.06. The fourth-order valence-corrected chi connectivity index (χ4v) is 1.13. The first-order valence-electron chi connectivity index (χ1n) is 2.70. The SMILES string of the molecule is N#Cc1cc(Cl)cc(Cl)c1F. The maximum absolute atomic E-state index is 12.8. The number of hydrogen-bond acceptors (Lipinski definition) is 1. The van der Waals surface area contributed by atoms with Crippen molar-refractivity contribution in [1.82, 2.24) is 0 Å². The maximum atomic E-state index is 12.8. The molecule has 0 radical (unpaired) electrons. The van der Waals surface area contributed by atoms with Crippen LogP contribution in [-0.2, 0) is 0 Å². The third kappa shape index (κ3) is 1.62. The van der Waals surface area contributed by atoms with Gasteiger partial charge in [0.15, 0.2) is 5.82 Å². The van der Waals surface area contributed by atoms with E-state index in [0.29, 0.717) is 0 Å². The van der Waals surface area contributed by atoms with Crippen molar-refractivity contribution in [2.75, 3.05) is 0 Å². The highest BCUT2D eigenvalue weighted by Crippen LogP contribution is 2.22. The zero-order valence-electron chi connectivity index (χ0n) is 5.24. The lowest BCUT2D eigenvalue weighted by atomic mass is 10.2. The van der Waals surface area contributed by atoms with Gasteiger partial charge in [-0.15, -0.1) is 0 Å². The van der Waals surface area contributed by atoms with E-state index >= 15 is 0 Å². The second-order valence-corrected chi connectivity index (χ2v) is 2.70. The van der Waals surface area contributed by atoms with Crippen LogP contribution in [-0.4, -0.2) is 0 Å². The molecule has 0 aliphatic heterocycles. The second kappa shape index (κ2) is 3.08. The minimum absolute atomic E-state index is 0.131. The summed E-state index contributed by atoms with van der Waals surface area (Å²) in [6.45, 7) is 0. The predicted molar refractivity (Wildman–Crippen MR) is 41.1 cm³/mol. The zero-order valence-corrected chi connectivity index (χ0v) is 6.75. The number of benzene rings is 1. The first-order valence-corrected chi connectivity index (χ1v) is 3.45. The molecular formula is C7H2Cl2FN. The number of nitrogens with zero attached hydrogens (tertiary/aromatic N) is 1. The average Bonchev–Trinajstić information content (AvgIpc) is 1.96. The number of rotatable bonds is 0. The molecule has 0 saturated heterocycles. The van der Waals surface area contributed by atoms with Crippen molar-refractivity contribution in [3.63, 3.8) is 0 Å². The molecule has 0 aromatic heterocycles. The summed E-state index contributed by atoms with van der Waals surface area (Å²) in [5.74, 6) is -0.724. The second-order valence-electron chi connectivity index (χ2n) is 1.86. The molecule has 1 aromatic rings. The molecule has 0 atom stereocenters. The summed E-state index contributed by atoms with van der Waals surface area (Å²) in [4.78, 5) is 0. The van der Waals surface area contributed by atoms with Crippen LogP contribution in [0.4, 0.5) is 4.39 Å². The molecule has 0 saturated carbocycles. The average molecular weight is 190 g/mol. The Hall–Kier alpha value is -0.780. The van der Waals surface area contributed by atoms with Crippen LogP contribution in [0.15, 0.2) is 12.1 Å². The summed E-state index contributed by atoms with van der Waals surface area (Å²) < 4.78 is 12.8. The van der Waals surface area contributed by atoms with E-state index in [-0.39, 0.29) is 15.6 Å². The van der Waals surface area contributed by atoms with Crippen LogP contribution in [0.5, 0.6) is 0 Å². The molecule has 4 heteroatoms. The smallest absolute Gasteiger partial charge is 0.159 e. The van der Waals surface area contributed by atoms with Gasteiger partial charge in [-0.3, -0.25) is 0 Å². The van der Waals surface area contributed by atoms with Gasteiger partial charge >= 0.3 is 0 Å². The van der Waals surface area contributed by atoms with Crippen molar-refractivity contribution >= 4 is 23.2 Å². The van der Waals surface area contributed by atoms with Crippen LogP contribution >= 0.6 is 23.2 Å². The van der Waals surface area contributed by atoms with Crippen LogP contribution in [0.2, 0.25) is 10.0 Å². The highest BCUT2D eigenvalue weighted by molar-refractivity contribution is 6.34. The summed E-state index contributed by atoms with van der Waals surface area (Å²) in [6, 6.07) is 4.11. The van der Waals surface area contributed by atoms with E-state index in [4.69, 9.17) is 28.5 Å². The van der Waals surface area contributed by atoms with Crippen molar-refractivity contribution in [3.05, 3.63) is 33.6 Å². The lowest BCUT2D eigenvalue weighted by Crippen LogP contribution is -1.84. The molecule has 1 aromatic carbocycles. The maximum Gasteiger partial charge on any atom is 0.159 e. The number of halogens is 3. The Morgan fingerprint density at radius 1 is 1.36 bits per heavy atom. The van der Waals surface area contributed by atoms with Crippen LogP contribution in [0, 0.1) is 17.1 Å². The zero-order chi connectivity index (χ0) is 8.43. The van der Waals surface area contributed by atoms with E-state index < -0.39 is 5.82 Å². The van der Waals surface area contributed by atoms with Gasteiger partial charge in [0.05, 0.1) is 10.6 Å². The largest absolute Gasteiger partial charge is 0.204 e. The molecule has 0 bridgehead atoms. The lowest BCUT2D eigenvalue weighted by molar-refractivity contribution is 0.624. The third-order valence-corrected chi connectivity index (χ3v) is 1.61. The van der Waals surface area contributed by atoms with E-state index in [0.717, 1.165) is 0 Å². The van der Waals surface area contributed by atoms with Crippen LogP contribution < -0.4 is 0 Å². The Bertz CT molecular complexity index is 330. The highest BCUT2D eigenvalue weighted by atomic mass is 35.5. The molecule has 11 heavy (non-hydrogen) atoms. The van der Waals surface area contributed by atoms with Gasteiger partial charge < -0.3 is 0 Å². The van der Waals surface area contributed by atoms with Gasteiger partial charge in [-0.1, -0.05) is 23.2 Å². The Morgan fingerprint density at radius 2 is 2.00 bits per heavy atom. The van der Waals surface area contributed by atoms with Crippen LogP contribution in [0.25, 0.3) is 0 Å². The molecular weight excluding hydrogens is 188 g/mol. The van der Waals surface area contributed by atoms with Gasteiger partial charge in [-0.25, -0.2) is 4.39 Å². The summed E-state index contributed by atoms with van der Waals surface area (Å²) in [5.41, 5.74) is -0.137. The van der Waals surface area contributed by atoms with E-state index in [1.807, 2.05) is 0 Å².